The van der Waals surface area contributed by atoms with Crippen molar-refractivity contribution in [1.82, 2.24) is 5.32 Å². The predicted octanol–water partition coefficient (Wildman–Crippen LogP) is 3.95. The first kappa shape index (κ1) is 16.4. The van der Waals surface area contributed by atoms with Crippen LogP contribution in [0.4, 0.5) is 0 Å². The monoisotopic (exact) mass is 315 g/mol. The Morgan fingerprint density at radius 2 is 2.14 bits per heavy atom. The Balaban J connectivity index is 2.46. The van der Waals surface area contributed by atoms with E-state index in [1.54, 1.807) is 0 Å². The first-order chi connectivity index (χ1) is 10.5. The van der Waals surface area contributed by atoms with Crippen molar-refractivity contribution in [2.24, 2.45) is 11.8 Å². The Morgan fingerprint density at radius 3 is 2.68 bits per heavy atom. The van der Waals surface area contributed by atoms with Gasteiger partial charge in [0.2, 0.25) is 5.91 Å². The van der Waals surface area contributed by atoms with E-state index in [2.05, 4.69) is 5.32 Å². The van der Waals surface area contributed by atoms with E-state index in [0.717, 1.165) is 10.5 Å². The van der Waals surface area contributed by atoms with Gasteiger partial charge in [-0.2, -0.15) is 0 Å². The largest absolute Gasteiger partial charge is 0.324 e. The summed E-state index contributed by atoms with van der Waals surface area (Å²) in [6.45, 7) is 7.49. The van der Waals surface area contributed by atoms with E-state index in [9.17, 15) is 9.59 Å². The molecule has 1 aliphatic rings. The van der Waals surface area contributed by atoms with Crippen LogP contribution in [0.5, 0.6) is 0 Å². The van der Waals surface area contributed by atoms with Gasteiger partial charge in [0.25, 0.3) is 0 Å². The van der Waals surface area contributed by atoms with Crippen molar-refractivity contribution < 1.29 is 9.59 Å². The van der Waals surface area contributed by atoms with Crippen molar-refractivity contribution in [3.05, 3.63) is 51.8 Å². The number of thiophene rings is 1. The lowest BCUT2D eigenvalue weighted by atomic mass is 9.81. The Morgan fingerprint density at radius 1 is 1.41 bits per heavy atom. The van der Waals surface area contributed by atoms with Gasteiger partial charge >= 0.3 is 0 Å². The van der Waals surface area contributed by atoms with Crippen LogP contribution in [0.25, 0.3) is 5.70 Å². The van der Waals surface area contributed by atoms with Gasteiger partial charge in [0, 0.05) is 5.57 Å². The van der Waals surface area contributed by atoms with E-state index in [1.165, 1.54) is 18.3 Å². The number of carbonyl (C=O) groups is 2. The van der Waals surface area contributed by atoms with Crippen molar-refractivity contribution >= 4 is 28.7 Å². The highest BCUT2D eigenvalue weighted by atomic mass is 32.1. The molecule has 2 atom stereocenters. The van der Waals surface area contributed by atoms with Gasteiger partial charge in [-0.05, 0) is 38.1 Å². The molecule has 1 aromatic rings. The number of Topliss-reactive ketones (excluding diaryl/α,β-unsaturated/α-hetero) is 1. The third kappa shape index (κ3) is 3.12. The second-order valence-electron chi connectivity index (χ2n) is 5.51. The Labute approximate surface area is 135 Å². The third-order valence-corrected chi connectivity index (χ3v) is 4.92. The summed E-state index contributed by atoms with van der Waals surface area (Å²) in [5, 5.41) is 4.86. The van der Waals surface area contributed by atoms with Gasteiger partial charge in [0.05, 0.1) is 16.5 Å². The maximum Gasteiger partial charge on any atom is 0.232 e. The van der Waals surface area contributed by atoms with Crippen LogP contribution in [0, 0.1) is 11.8 Å². The summed E-state index contributed by atoms with van der Waals surface area (Å²) in [6.07, 6.45) is 5.90. The summed E-state index contributed by atoms with van der Waals surface area (Å²) >= 11 is 1.53. The normalized spacial score (nSPS) is 20.6. The van der Waals surface area contributed by atoms with Crippen LogP contribution in [0.15, 0.2) is 46.9 Å². The van der Waals surface area contributed by atoms with Gasteiger partial charge in [-0.1, -0.05) is 36.8 Å². The van der Waals surface area contributed by atoms with Gasteiger partial charge in [-0.3, -0.25) is 9.59 Å². The Hall–Kier alpha value is -1.94. The van der Waals surface area contributed by atoms with Crippen LogP contribution >= 0.6 is 11.3 Å². The second kappa shape index (κ2) is 6.88. The molecule has 1 amide bonds. The predicted molar refractivity (Wildman–Crippen MR) is 91.3 cm³/mol. The molecule has 0 spiro atoms. The van der Waals surface area contributed by atoms with Crippen LogP contribution in [-0.2, 0) is 9.59 Å². The molecule has 0 bridgehead atoms. The first-order valence-corrected chi connectivity index (χ1v) is 8.24. The lowest BCUT2D eigenvalue weighted by Gasteiger charge is -2.20. The molecular weight excluding hydrogens is 294 g/mol. The maximum atomic E-state index is 12.5. The smallest absolute Gasteiger partial charge is 0.232 e. The Kier molecular flexibility index (Phi) is 5.14. The average Bonchev–Trinajstić information content (AvgIpc) is 3.10. The van der Waals surface area contributed by atoms with E-state index in [1.807, 2.05) is 56.5 Å². The summed E-state index contributed by atoms with van der Waals surface area (Å²) in [7, 11) is 0. The van der Waals surface area contributed by atoms with Crippen molar-refractivity contribution in [3.8, 4) is 0 Å². The Bertz CT molecular complexity index is 665. The molecule has 0 radical (unpaired) electrons. The number of hydrogen-bond donors (Lipinski definition) is 1. The summed E-state index contributed by atoms with van der Waals surface area (Å²) < 4.78 is 0. The standard InChI is InChI=1S/C18H21NO2S/c1-5-6-8-11(2)12(3)15-16(13(4)20)17(19-18(15)21)14-9-7-10-22-14/h5-10,12,15H,1-4H3,(H,19,21)/b6-5-,11-8+. The zero-order chi connectivity index (χ0) is 16.3. The fraction of sp³-hybridized carbons (Fsp3) is 0.333. The quantitative estimate of drug-likeness (QED) is 0.836. The first-order valence-electron chi connectivity index (χ1n) is 7.36. The second-order valence-corrected chi connectivity index (χ2v) is 6.46. The highest BCUT2D eigenvalue weighted by Crippen LogP contribution is 2.37. The molecule has 0 aromatic carbocycles. The summed E-state index contributed by atoms with van der Waals surface area (Å²) in [5.41, 5.74) is 2.38. The highest BCUT2D eigenvalue weighted by Gasteiger charge is 2.40. The molecule has 0 fully saturated rings. The molecule has 0 saturated heterocycles. The van der Waals surface area contributed by atoms with Gasteiger partial charge < -0.3 is 5.32 Å². The van der Waals surface area contributed by atoms with Crippen LogP contribution in [-0.4, -0.2) is 11.7 Å². The van der Waals surface area contributed by atoms with E-state index < -0.39 is 5.92 Å². The lowest BCUT2D eigenvalue weighted by molar-refractivity contribution is -0.124. The number of hydrogen-bond acceptors (Lipinski definition) is 3. The van der Waals surface area contributed by atoms with E-state index in [-0.39, 0.29) is 17.6 Å². The molecule has 1 N–H and O–H groups in total. The molecule has 2 heterocycles. The minimum atomic E-state index is -0.420. The van der Waals surface area contributed by atoms with Crippen LogP contribution in [0.2, 0.25) is 0 Å². The van der Waals surface area contributed by atoms with E-state index in [0.29, 0.717) is 11.3 Å². The number of nitrogens with one attached hydrogen (secondary N) is 1. The number of allylic oxidation sites excluding steroid dienone is 4. The average molecular weight is 315 g/mol. The number of ketones is 1. The van der Waals surface area contributed by atoms with E-state index in [4.69, 9.17) is 0 Å². The van der Waals surface area contributed by atoms with Crippen molar-refractivity contribution in [2.75, 3.05) is 0 Å². The lowest BCUT2D eigenvalue weighted by Crippen LogP contribution is -2.28. The molecule has 3 nitrogen and oxygen atoms in total. The summed E-state index contributed by atoms with van der Waals surface area (Å²) in [5.74, 6) is -0.574. The van der Waals surface area contributed by atoms with E-state index >= 15 is 0 Å². The number of amides is 1. The highest BCUT2D eigenvalue weighted by molar-refractivity contribution is 7.11. The third-order valence-electron chi connectivity index (χ3n) is 4.03. The minimum Gasteiger partial charge on any atom is -0.324 e. The molecular formula is C18H21NO2S. The van der Waals surface area contributed by atoms with Gasteiger partial charge in [-0.15, -0.1) is 11.3 Å². The molecule has 1 aliphatic heterocycles. The van der Waals surface area contributed by atoms with Gasteiger partial charge in [0.1, 0.15) is 0 Å². The molecule has 1 aromatic heterocycles. The molecule has 0 saturated carbocycles. The summed E-state index contributed by atoms with van der Waals surface area (Å²) in [6, 6.07) is 3.85. The van der Waals surface area contributed by atoms with Crippen LogP contribution < -0.4 is 5.32 Å². The number of carbonyl (C=O) groups excluding carboxylic acids is 2. The van der Waals surface area contributed by atoms with Crippen LogP contribution in [0.1, 0.15) is 32.6 Å². The van der Waals surface area contributed by atoms with Crippen molar-refractivity contribution in [3.63, 3.8) is 0 Å². The fourth-order valence-electron chi connectivity index (χ4n) is 2.70. The van der Waals surface area contributed by atoms with Crippen molar-refractivity contribution in [2.45, 2.75) is 27.7 Å². The molecule has 4 heteroatoms. The topological polar surface area (TPSA) is 46.2 Å². The SMILES string of the molecule is C/C=C\C=C(/C)C(C)C1C(=O)NC(c2cccs2)=C1C(C)=O. The van der Waals surface area contributed by atoms with Crippen molar-refractivity contribution in [1.29, 1.82) is 0 Å². The van der Waals surface area contributed by atoms with Gasteiger partial charge in [-0.25, -0.2) is 0 Å². The molecule has 116 valence electrons. The molecule has 0 aliphatic carbocycles. The molecule has 22 heavy (non-hydrogen) atoms. The fourth-order valence-corrected chi connectivity index (χ4v) is 3.44. The van der Waals surface area contributed by atoms with Crippen LogP contribution in [0.3, 0.4) is 0 Å². The molecule has 2 rings (SSSR count). The number of rotatable bonds is 5. The zero-order valence-electron chi connectivity index (χ0n) is 13.3. The minimum absolute atomic E-state index is 0.0208. The summed E-state index contributed by atoms with van der Waals surface area (Å²) in [4.78, 5) is 25.6. The van der Waals surface area contributed by atoms with Gasteiger partial charge in [0.15, 0.2) is 5.78 Å². The zero-order valence-corrected chi connectivity index (χ0v) is 14.2. The molecule has 2 unspecified atom stereocenters. The maximum absolute atomic E-state index is 12.5.